The zero-order valence-electron chi connectivity index (χ0n) is 18.9. The van der Waals surface area contributed by atoms with Crippen LogP contribution in [-0.2, 0) is 5.60 Å². The van der Waals surface area contributed by atoms with Crippen LogP contribution in [0.25, 0.3) is 12.2 Å². The van der Waals surface area contributed by atoms with Gasteiger partial charge in [0.15, 0.2) is 0 Å². The molecule has 32 heavy (non-hydrogen) atoms. The standard InChI is InChI=1S/C29H32N2O/c1-23-11-15-26(16-12-23)29(32)17-21-30(22-18-29)19-6-20-31-27-9-4-2-7-24(27)13-14-25-8-3-5-10-28(25)31/h2-5,7-16,32H,6,17-22H2,1H3. The summed E-state index contributed by atoms with van der Waals surface area (Å²) >= 11 is 0. The van der Waals surface area contributed by atoms with E-state index < -0.39 is 5.60 Å². The van der Waals surface area contributed by atoms with Crippen LogP contribution in [0.3, 0.4) is 0 Å². The third-order valence-corrected chi connectivity index (χ3v) is 7.03. The van der Waals surface area contributed by atoms with Gasteiger partial charge in [-0.15, -0.1) is 0 Å². The molecule has 2 aliphatic heterocycles. The first-order chi connectivity index (χ1) is 15.6. The molecule has 0 radical (unpaired) electrons. The van der Waals surface area contributed by atoms with Gasteiger partial charge in [-0.05, 0) is 61.6 Å². The monoisotopic (exact) mass is 424 g/mol. The van der Waals surface area contributed by atoms with Crippen molar-refractivity contribution < 1.29 is 5.11 Å². The van der Waals surface area contributed by atoms with Crippen LogP contribution in [0.4, 0.5) is 11.4 Å². The van der Waals surface area contributed by atoms with E-state index in [2.05, 4.69) is 102 Å². The second kappa shape index (κ2) is 8.93. The van der Waals surface area contributed by atoms with Crippen molar-refractivity contribution in [3.05, 3.63) is 95.1 Å². The quantitative estimate of drug-likeness (QED) is 0.545. The molecule has 2 heterocycles. The molecule has 3 aromatic carbocycles. The van der Waals surface area contributed by atoms with E-state index in [1.54, 1.807) is 0 Å². The molecule has 1 N–H and O–H groups in total. The topological polar surface area (TPSA) is 26.7 Å². The molecule has 0 spiro atoms. The summed E-state index contributed by atoms with van der Waals surface area (Å²) < 4.78 is 0. The number of nitrogens with zero attached hydrogens (tertiary/aromatic N) is 2. The first-order valence-electron chi connectivity index (χ1n) is 11.8. The van der Waals surface area contributed by atoms with Crippen molar-refractivity contribution in [2.45, 2.75) is 31.8 Å². The second-order valence-electron chi connectivity index (χ2n) is 9.20. The molecule has 164 valence electrons. The summed E-state index contributed by atoms with van der Waals surface area (Å²) in [5, 5.41) is 11.2. The molecule has 3 aromatic rings. The summed E-state index contributed by atoms with van der Waals surface area (Å²) in [6.45, 7) is 6.01. The van der Waals surface area contributed by atoms with Crippen LogP contribution in [0.2, 0.25) is 0 Å². The van der Waals surface area contributed by atoms with Gasteiger partial charge < -0.3 is 14.9 Å². The van der Waals surface area contributed by atoms with Crippen molar-refractivity contribution in [3.8, 4) is 0 Å². The van der Waals surface area contributed by atoms with Gasteiger partial charge >= 0.3 is 0 Å². The van der Waals surface area contributed by atoms with E-state index in [1.807, 2.05) is 0 Å². The van der Waals surface area contributed by atoms with E-state index in [0.717, 1.165) is 51.0 Å². The number of hydrogen-bond donors (Lipinski definition) is 1. The smallest absolute Gasteiger partial charge is 0.0920 e. The molecular formula is C29H32N2O. The minimum Gasteiger partial charge on any atom is -0.385 e. The Kier molecular flexibility index (Phi) is 5.86. The zero-order chi connectivity index (χ0) is 22.0. The van der Waals surface area contributed by atoms with E-state index in [0.29, 0.717) is 0 Å². The number of likely N-dealkylation sites (tertiary alicyclic amines) is 1. The van der Waals surface area contributed by atoms with Crippen LogP contribution in [0, 0.1) is 6.92 Å². The average molecular weight is 425 g/mol. The second-order valence-corrected chi connectivity index (χ2v) is 9.20. The van der Waals surface area contributed by atoms with E-state index in [1.165, 1.54) is 28.1 Å². The number of aryl methyl sites for hydroxylation is 1. The van der Waals surface area contributed by atoms with Gasteiger partial charge in [-0.25, -0.2) is 0 Å². The number of aliphatic hydroxyl groups is 1. The van der Waals surface area contributed by atoms with Crippen molar-refractivity contribution >= 4 is 23.5 Å². The van der Waals surface area contributed by atoms with Crippen molar-refractivity contribution in [2.75, 3.05) is 31.1 Å². The number of rotatable bonds is 5. The normalized spacial score (nSPS) is 17.5. The number of anilines is 2. The molecule has 0 unspecified atom stereocenters. The molecule has 3 heteroatoms. The fourth-order valence-electron chi connectivity index (χ4n) is 5.05. The Hall–Kier alpha value is -2.88. The van der Waals surface area contributed by atoms with E-state index in [9.17, 15) is 5.11 Å². The molecule has 0 aromatic heterocycles. The fraction of sp³-hybridized carbons (Fsp3) is 0.310. The summed E-state index contributed by atoms with van der Waals surface area (Å²) in [6, 6.07) is 25.7. The van der Waals surface area contributed by atoms with Gasteiger partial charge in [0.25, 0.3) is 0 Å². The maximum atomic E-state index is 11.2. The van der Waals surface area contributed by atoms with Gasteiger partial charge in [-0.1, -0.05) is 78.4 Å². The largest absolute Gasteiger partial charge is 0.385 e. The highest BCUT2D eigenvalue weighted by molar-refractivity contribution is 5.88. The minimum atomic E-state index is -0.682. The number of piperidine rings is 1. The zero-order valence-corrected chi connectivity index (χ0v) is 18.9. The van der Waals surface area contributed by atoms with Crippen LogP contribution in [-0.4, -0.2) is 36.2 Å². The highest BCUT2D eigenvalue weighted by Gasteiger charge is 2.33. The molecular weight excluding hydrogens is 392 g/mol. The third kappa shape index (κ3) is 4.23. The van der Waals surface area contributed by atoms with E-state index in [4.69, 9.17) is 0 Å². The number of hydrogen-bond acceptors (Lipinski definition) is 3. The first kappa shape index (κ1) is 21.0. The predicted molar refractivity (Wildman–Crippen MR) is 134 cm³/mol. The number of benzene rings is 3. The SMILES string of the molecule is Cc1ccc(C2(O)CCN(CCCN3c4ccccc4C=Cc4ccccc43)CC2)cc1. The van der Waals surface area contributed by atoms with Gasteiger partial charge in [-0.3, -0.25) is 0 Å². The Bertz CT molecular complexity index is 1040. The molecule has 0 saturated carbocycles. The molecule has 1 fully saturated rings. The van der Waals surface area contributed by atoms with Crippen LogP contribution in [0.15, 0.2) is 72.8 Å². The molecule has 0 aliphatic carbocycles. The van der Waals surface area contributed by atoms with Crippen molar-refractivity contribution in [1.82, 2.24) is 4.90 Å². The van der Waals surface area contributed by atoms with Crippen LogP contribution in [0.5, 0.6) is 0 Å². The van der Waals surface area contributed by atoms with Gasteiger partial charge in [0.2, 0.25) is 0 Å². The molecule has 0 bridgehead atoms. The van der Waals surface area contributed by atoms with E-state index >= 15 is 0 Å². The highest BCUT2D eigenvalue weighted by Crippen LogP contribution is 2.36. The summed E-state index contributed by atoms with van der Waals surface area (Å²) in [7, 11) is 0. The third-order valence-electron chi connectivity index (χ3n) is 7.03. The summed E-state index contributed by atoms with van der Waals surface area (Å²) in [5.74, 6) is 0. The lowest BCUT2D eigenvalue weighted by Gasteiger charge is -2.39. The maximum Gasteiger partial charge on any atom is 0.0920 e. The van der Waals surface area contributed by atoms with Crippen LogP contribution < -0.4 is 4.90 Å². The molecule has 3 nitrogen and oxygen atoms in total. The Morgan fingerprint density at radius 1 is 0.750 bits per heavy atom. The Morgan fingerprint density at radius 3 is 1.91 bits per heavy atom. The molecule has 2 aliphatic rings. The molecule has 1 saturated heterocycles. The average Bonchev–Trinajstić information content (AvgIpc) is 2.98. The fourth-order valence-corrected chi connectivity index (χ4v) is 5.05. The lowest BCUT2D eigenvalue weighted by atomic mass is 9.84. The van der Waals surface area contributed by atoms with Crippen LogP contribution in [0.1, 0.15) is 41.5 Å². The van der Waals surface area contributed by atoms with Crippen LogP contribution >= 0.6 is 0 Å². The summed E-state index contributed by atoms with van der Waals surface area (Å²) in [6.07, 6.45) is 7.14. The summed E-state index contributed by atoms with van der Waals surface area (Å²) in [5.41, 5.74) is 6.71. The predicted octanol–water partition coefficient (Wildman–Crippen LogP) is 5.99. The number of para-hydroxylation sites is 2. The lowest BCUT2D eigenvalue weighted by Crippen LogP contribution is -2.43. The molecule has 0 atom stereocenters. The van der Waals surface area contributed by atoms with Gasteiger partial charge in [0.05, 0.1) is 5.60 Å². The minimum absolute atomic E-state index is 0.682. The van der Waals surface area contributed by atoms with Crippen molar-refractivity contribution in [1.29, 1.82) is 0 Å². The van der Waals surface area contributed by atoms with Gasteiger partial charge in [0.1, 0.15) is 0 Å². The maximum absolute atomic E-state index is 11.2. The lowest BCUT2D eigenvalue weighted by molar-refractivity contribution is -0.0258. The highest BCUT2D eigenvalue weighted by atomic mass is 16.3. The van der Waals surface area contributed by atoms with Crippen molar-refractivity contribution in [3.63, 3.8) is 0 Å². The molecule has 0 amide bonds. The first-order valence-corrected chi connectivity index (χ1v) is 11.8. The van der Waals surface area contributed by atoms with Gasteiger partial charge in [0, 0.05) is 31.0 Å². The van der Waals surface area contributed by atoms with E-state index in [-0.39, 0.29) is 0 Å². The number of fused-ring (bicyclic) bond motifs is 2. The summed E-state index contributed by atoms with van der Waals surface area (Å²) in [4.78, 5) is 4.98. The van der Waals surface area contributed by atoms with Gasteiger partial charge in [-0.2, -0.15) is 0 Å². The van der Waals surface area contributed by atoms with Crippen molar-refractivity contribution in [2.24, 2.45) is 0 Å². The Morgan fingerprint density at radius 2 is 1.31 bits per heavy atom. The Labute approximate surface area is 191 Å². The molecule has 5 rings (SSSR count). The Balaban J connectivity index is 1.23.